The van der Waals surface area contributed by atoms with Crippen LogP contribution in [0.2, 0.25) is 0 Å². The first-order valence-electron chi connectivity index (χ1n) is 6.11. The van der Waals surface area contributed by atoms with E-state index in [2.05, 4.69) is 45.3 Å². The molecule has 1 rings (SSSR count). The van der Waals surface area contributed by atoms with E-state index < -0.39 is 0 Å². The molecule has 0 saturated carbocycles. The fraction of sp³-hybridized carbons (Fsp3) is 0.615. The van der Waals surface area contributed by atoms with Crippen molar-refractivity contribution in [1.82, 2.24) is 15.5 Å². The minimum atomic E-state index is -0.0735. The standard InChI is InChI=1S/C13H20BrN3O/c1-8(2)5-11(7-14)15-13(18)12-6-9(3)16-17-10(12)4/h6,8,11H,5,7H2,1-4H3,(H,15,18). The number of carbonyl (C=O) groups excluding carboxylic acids is 1. The van der Waals surface area contributed by atoms with Crippen molar-refractivity contribution in [2.45, 2.75) is 40.2 Å². The largest absolute Gasteiger partial charge is 0.348 e. The molecule has 0 saturated heterocycles. The molecule has 0 aliphatic rings. The highest BCUT2D eigenvalue weighted by Crippen LogP contribution is 2.10. The number of hydrogen-bond acceptors (Lipinski definition) is 3. The predicted octanol–water partition coefficient (Wildman–Crippen LogP) is 2.63. The average molecular weight is 314 g/mol. The van der Waals surface area contributed by atoms with Crippen molar-refractivity contribution in [2.75, 3.05) is 5.33 Å². The molecule has 4 nitrogen and oxygen atoms in total. The fourth-order valence-electron chi connectivity index (χ4n) is 1.77. The third-order valence-corrected chi connectivity index (χ3v) is 3.40. The van der Waals surface area contributed by atoms with Crippen LogP contribution in [-0.4, -0.2) is 27.5 Å². The molecule has 0 fully saturated rings. The second-order valence-electron chi connectivity index (χ2n) is 4.94. The lowest BCUT2D eigenvalue weighted by Crippen LogP contribution is -2.37. The SMILES string of the molecule is Cc1cc(C(=O)NC(CBr)CC(C)C)c(C)nn1. The van der Waals surface area contributed by atoms with Gasteiger partial charge < -0.3 is 5.32 Å². The second kappa shape index (κ2) is 6.83. The summed E-state index contributed by atoms with van der Waals surface area (Å²) in [7, 11) is 0. The topological polar surface area (TPSA) is 54.9 Å². The molecule has 1 unspecified atom stereocenters. The quantitative estimate of drug-likeness (QED) is 0.850. The Bertz CT molecular complexity index is 421. The van der Waals surface area contributed by atoms with Crippen LogP contribution in [-0.2, 0) is 0 Å². The van der Waals surface area contributed by atoms with Crippen LogP contribution in [0.25, 0.3) is 0 Å². The Labute approximate surface area is 117 Å². The molecule has 0 spiro atoms. The lowest BCUT2D eigenvalue weighted by Gasteiger charge is -2.18. The van der Waals surface area contributed by atoms with Crippen molar-refractivity contribution in [3.8, 4) is 0 Å². The molecule has 1 heterocycles. The van der Waals surface area contributed by atoms with Gasteiger partial charge in [0.15, 0.2) is 0 Å². The van der Waals surface area contributed by atoms with E-state index in [4.69, 9.17) is 0 Å². The molecule has 0 aliphatic heterocycles. The Balaban J connectivity index is 2.77. The molecule has 1 N–H and O–H groups in total. The minimum Gasteiger partial charge on any atom is -0.348 e. The van der Waals surface area contributed by atoms with Gasteiger partial charge in [0.25, 0.3) is 5.91 Å². The fourth-order valence-corrected chi connectivity index (χ4v) is 2.20. The van der Waals surface area contributed by atoms with E-state index in [9.17, 15) is 4.79 Å². The van der Waals surface area contributed by atoms with Gasteiger partial charge >= 0.3 is 0 Å². The summed E-state index contributed by atoms with van der Waals surface area (Å²) in [4.78, 5) is 12.2. The van der Waals surface area contributed by atoms with Gasteiger partial charge in [-0.3, -0.25) is 4.79 Å². The number of amides is 1. The first kappa shape index (κ1) is 15.1. The van der Waals surface area contributed by atoms with E-state index in [0.29, 0.717) is 17.2 Å². The Morgan fingerprint density at radius 1 is 1.39 bits per heavy atom. The number of carbonyl (C=O) groups is 1. The van der Waals surface area contributed by atoms with Crippen molar-refractivity contribution in [1.29, 1.82) is 0 Å². The highest BCUT2D eigenvalue weighted by Gasteiger charge is 2.16. The smallest absolute Gasteiger partial charge is 0.253 e. The number of nitrogens with one attached hydrogen (secondary N) is 1. The lowest BCUT2D eigenvalue weighted by atomic mass is 10.0. The summed E-state index contributed by atoms with van der Waals surface area (Å²) >= 11 is 3.44. The molecule has 1 atom stereocenters. The number of aryl methyl sites for hydroxylation is 2. The van der Waals surface area contributed by atoms with Gasteiger partial charge in [-0.05, 0) is 32.3 Å². The zero-order valence-corrected chi connectivity index (χ0v) is 12.9. The highest BCUT2D eigenvalue weighted by molar-refractivity contribution is 9.09. The van der Waals surface area contributed by atoms with Gasteiger partial charge in [-0.1, -0.05) is 29.8 Å². The van der Waals surface area contributed by atoms with Crippen molar-refractivity contribution in [2.24, 2.45) is 5.92 Å². The molecule has 0 bridgehead atoms. The zero-order chi connectivity index (χ0) is 13.7. The number of rotatable bonds is 5. The molecule has 1 aromatic rings. The van der Waals surface area contributed by atoms with Gasteiger partial charge in [-0.25, -0.2) is 0 Å². The van der Waals surface area contributed by atoms with Crippen LogP contribution >= 0.6 is 15.9 Å². The normalized spacial score (nSPS) is 12.6. The summed E-state index contributed by atoms with van der Waals surface area (Å²) in [6.45, 7) is 7.92. The summed E-state index contributed by atoms with van der Waals surface area (Å²) in [5, 5.41) is 11.7. The maximum atomic E-state index is 12.2. The van der Waals surface area contributed by atoms with E-state index in [-0.39, 0.29) is 11.9 Å². The molecule has 100 valence electrons. The molecule has 1 amide bonds. The summed E-state index contributed by atoms with van der Waals surface area (Å²) in [6.07, 6.45) is 0.952. The van der Waals surface area contributed by atoms with Crippen LogP contribution in [0.15, 0.2) is 6.07 Å². The van der Waals surface area contributed by atoms with Gasteiger partial charge in [0.05, 0.1) is 17.0 Å². The van der Waals surface area contributed by atoms with Crippen molar-refractivity contribution < 1.29 is 4.79 Å². The predicted molar refractivity (Wildman–Crippen MR) is 76.0 cm³/mol. The number of hydrogen-bond donors (Lipinski definition) is 1. The number of alkyl halides is 1. The van der Waals surface area contributed by atoms with Crippen LogP contribution in [0.3, 0.4) is 0 Å². The van der Waals surface area contributed by atoms with Gasteiger partial charge in [0, 0.05) is 11.4 Å². The van der Waals surface area contributed by atoms with Crippen LogP contribution in [0.4, 0.5) is 0 Å². The molecule has 1 aromatic heterocycles. The van der Waals surface area contributed by atoms with Crippen LogP contribution in [0.1, 0.15) is 42.0 Å². The summed E-state index contributed by atoms with van der Waals surface area (Å²) in [5.74, 6) is 0.474. The number of aromatic nitrogens is 2. The van der Waals surface area contributed by atoms with E-state index in [1.807, 2.05) is 6.92 Å². The Morgan fingerprint density at radius 2 is 2.06 bits per heavy atom. The Morgan fingerprint density at radius 3 is 2.61 bits per heavy atom. The maximum absolute atomic E-state index is 12.2. The molecular weight excluding hydrogens is 294 g/mol. The van der Waals surface area contributed by atoms with Gasteiger partial charge in [0.2, 0.25) is 0 Å². The molecule has 18 heavy (non-hydrogen) atoms. The average Bonchev–Trinajstić information content (AvgIpc) is 2.30. The second-order valence-corrected chi connectivity index (χ2v) is 5.59. The third-order valence-electron chi connectivity index (χ3n) is 2.62. The number of nitrogens with zero attached hydrogens (tertiary/aromatic N) is 2. The Kier molecular flexibility index (Phi) is 5.72. The van der Waals surface area contributed by atoms with E-state index in [1.54, 1.807) is 13.0 Å². The van der Waals surface area contributed by atoms with E-state index >= 15 is 0 Å². The van der Waals surface area contributed by atoms with Crippen LogP contribution in [0.5, 0.6) is 0 Å². The first-order chi connectivity index (χ1) is 8.43. The maximum Gasteiger partial charge on any atom is 0.253 e. The lowest BCUT2D eigenvalue weighted by molar-refractivity contribution is 0.0935. The summed E-state index contributed by atoms with van der Waals surface area (Å²) in [5.41, 5.74) is 2.03. The van der Waals surface area contributed by atoms with Crippen molar-refractivity contribution in [3.63, 3.8) is 0 Å². The zero-order valence-electron chi connectivity index (χ0n) is 11.3. The highest BCUT2D eigenvalue weighted by atomic mass is 79.9. The van der Waals surface area contributed by atoms with E-state index in [0.717, 1.165) is 17.4 Å². The summed E-state index contributed by atoms with van der Waals surface area (Å²) in [6, 6.07) is 1.92. The first-order valence-corrected chi connectivity index (χ1v) is 7.24. The molecule has 5 heteroatoms. The van der Waals surface area contributed by atoms with E-state index in [1.165, 1.54) is 0 Å². The van der Waals surface area contributed by atoms with Gasteiger partial charge in [0.1, 0.15) is 0 Å². The molecule has 0 radical (unpaired) electrons. The van der Waals surface area contributed by atoms with Gasteiger partial charge in [-0.15, -0.1) is 0 Å². The van der Waals surface area contributed by atoms with Crippen LogP contribution < -0.4 is 5.32 Å². The molecule has 0 aromatic carbocycles. The summed E-state index contributed by atoms with van der Waals surface area (Å²) < 4.78 is 0. The monoisotopic (exact) mass is 313 g/mol. The van der Waals surface area contributed by atoms with Gasteiger partial charge in [-0.2, -0.15) is 10.2 Å². The minimum absolute atomic E-state index is 0.0735. The Hall–Kier alpha value is -0.970. The van der Waals surface area contributed by atoms with Crippen molar-refractivity contribution in [3.05, 3.63) is 23.0 Å². The third kappa shape index (κ3) is 4.37. The molecule has 0 aliphatic carbocycles. The number of halogens is 1. The van der Waals surface area contributed by atoms with Crippen LogP contribution in [0, 0.1) is 19.8 Å². The van der Waals surface area contributed by atoms with Crippen molar-refractivity contribution >= 4 is 21.8 Å². The molecular formula is C13H20BrN3O.